The fraction of sp³-hybridized carbons (Fsp3) is 1.00. The summed E-state index contributed by atoms with van der Waals surface area (Å²) >= 11 is 0. The third-order valence-corrected chi connectivity index (χ3v) is 18.1. The minimum Gasteiger partial charge on any atom is -0.393 e. The third-order valence-electron chi connectivity index (χ3n) is 18.1. The number of aliphatic hydroxyl groups excluding tert-OH is 3. The van der Waals surface area contributed by atoms with Crippen molar-refractivity contribution in [1.82, 2.24) is 0 Å². The molecule has 0 saturated heterocycles. The fourth-order valence-electron chi connectivity index (χ4n) is 14.9. The van der Waals surface area contributed by atoms with Crippen LogP contribution in [0.15, 0.2) is 0 Å². The zero-order chi connectivity index (χ0) is 43.3. The smallest absolute Gasteiger partial charge is 0.0606 e. The van der Waals surface area contributed by atoms with Crippen molar-refractivity contribution in [3.05, 3.63) is 0 Å². The molecule has 3 heteroatoms. The van der Waals surface area contributed by atoms with Gasteiger partial charge >= 0.3 is 0 Å². The van der Waals surface area contributed by atoms with Crippen molar-refractivity contribution in [2.45, 2.75) is 220 Å². The van der Waals surface area contributed by atoms with E-state index in [2.05, 4.69) is 132 Å². The van der Waals surface area contributed by atoms with Gasteiger partial charge in [0.05, 0.1) is 18.3 Å². The molecular formula is C54H102O3. The second-order valence-electron chi connectivity index (χ2n) is 27.4. The normalized spacial score (nSPS) is 43.2. The molecule has 0 amide bonds. The summed E-state index contributed by atoms with van der Waals surface area (Å²) in [4.78, 5) is 0. The predicted molar refractivity (Wildman–Crippen MR) is 246 cm³/mol. The van der Waals surface area contributed by atoms with Crippen molar-refractivity contribution in [2.75, 3.05) is 0 Å². The Kier molecular flexibility index (Phi) is 16.2. The Morgan fingerprint density at radius 3 is 0.842 bits per heavy atom. The molecule has 336 valence electrons. The summed E-state index contributed by atoms with van der Waals surface area (Å²) < 4.78 is 0. The molecule has 0 radical (unpaired) electrons. The Labute approximate surface area is 356 Å². The van der Waals surface area contributed by atoms with Crippen molar-refractivity contribution >= 4 is 0 Å². The maximum Gasteiger partial charge on any atom is 0.0606 e. The fourth-order valence-corrected chi connectivity index (χ4v) is 14.9. The standard InChI is InChI=1S/C54H102O3/c1-31(2)20-39-22-36(27-44(48(39)55)51(8,9)10)24-41-33(5)42(25-37-23-40(21-32(3)4)49(56)45(28-37)52(11,12)13)35(7)43(34(41)6)26-38-29-46(53(14,15)16)50(57)47(30-38)54(17,18)19/h31-50,55-57H,20-30H2,1-19H3. The first-order valence-electron chi connectivity index (χ1n) is 25.0. The Balaban J connectivity index is 1.72. The van der Waals surface area contributed by atoms with Gasteiger partial charge in [0.2, 0.25) is 0 Å². The Morgan fingerprint density at radius 2 is 0.614 bits per heavy atom. The average Bonchev–Trinajstić information content (AvgIpc) is 3.04. The van der Waals surface area contributed by atoms with Gasteiger partial charge in [0.1, 0.15) is 0 Å². The molecule has 14 atom stereocenters. The second-order valence-corrected chi connectivity index (χ2v) is 27.4. The van der Waals surface area contributed by atoms with Gasteiger partial charge in [0.25, 0.3) is 0 Å². The van der Waals surface area contributed by atoms with Gasteiger partial charge in [-0.05, 0) is 193 Å². The lowest BCUT2D eigenvalue weighted by Gasteiger charge is -2.55. The molecule has 0 heterocycles. The zero-order valence-electron chi connectivity index (χ0n) is 41.7. The summed E-state index contributed by atoms with van der Waals surface area (Å²) in [5.41, 5.74) is 0.400. The summed E-state index contributed by atoms with van der Waals surface area (Å²) in [6.07, 6.45) is 12.7. The van der Waals surface area contributed by atoms with E-state index in [1.807, 2.05) is 0 Å². The van der Waals surface area contributed by atoms with Crippen LogP contribution in [0.25, 0.3) is 0 Å². The molecule has 4 aliphatic carbocycles. The van der Waals surface area contributed by atoms with Gasteiger partial charge in [-0.3, -0.25) is 0 Å². The summed E-state index contributed by atoms with van der Waals surface area (Å²) in [6.45, 7) is 46.0. The first-order valence-corrected chi connectivity index (χ1v) is 25.0. The van der Waals surface area contributed by atoms with E-state index in [1.165, 1.54) is 44.9 Å². The first-order chi connectivity index (χ1) is 25.9. The van der Waals surface area contributed by atoms with Crippen LogP contribution in [0.3, 0.4) is 0 Å². The van der Waals surface area contributed by atoms with Crippen LogP contribution >= 0.6 is 0 Å². The SMILES string of the molecule is CC(C)CC1CC(CC2C(C)C(CC3CC(CC(C)C)C(O)C(C(C)(C)C)C3)C(C)C(CC3CC(C(C)(C)C)C(O)C(C(C)(C)C)C3)C2C)CC(C(C)(C)C)C1O. The minimum atomic E-state index is -0.227. The van der Waals surface area contributed by atoms with Crippen molar-refractivity contribution in [3.63, 3.8) is 0 Å². The predicted octanol–water partition coefficient (Wildman–Crippen LogP) is 14.2. The molecule has 14 unspecified atom stereocenters. The van der Waals surface area contributed by atoms with Crippen LogP contribution in [-0.4, -0.2) is 33.6 Å². The van der Waals surface area contributed by atoms with E-state index >= 15 is 0 Å². The lowest BCUT2D eigenvalue weighted by molar-refractivity contribution is -0.101. The lowest BCUT2D eigenvalue weighted by atomic mass is 9.50. The van der Waals surface area contributed by atoms with Gasteiger partial charge in [-0.15, -0.1) is 0 Å². The highest BCUT2D eigenvalue weighted by molar-refractivity contribution is 5.02. The topological polar surface area (TPSA) is 60.7 Å². The van der Waals surface area contributed by atoms with Gasteiger partial charge in [0, 0.05) is 0 Å². The van der Waals surface area contributed by atoms with E-state index in [-0.39, 0.29) is 40.0 Å². The molecule has 0 spiro atoms. The molecule has 3 N–H and O–H groups in total. The van der Waals surface area contributed by atoms with E-state index in [4.69, 9.17) is 0 Å². The molecule has 0 aliphatic heterocycles. The molecule has 4 fully saturated rings. The van der Waals surface area contributed by atoms with Gasteiger partial charge in [0.15, 0.2) is 0 Å². The molecule has 0 aromatic heterocycles. The Hall–Kier alpha value is -0.120. The van der Waals surface area contributed by atoms with E-state index < -0.39 is 0 Å². The van der Waals surface area contributed by atoms with Gasteiger partial charge in [-0.2, -0.15) is 0 Å². The summed E-state index contributed by atoms with van der Waals surface area (Å²) in [7, 11) is 0. The second kappa shape index (κ2) is 18.7. The molecule has 0 bridgehead atoms. The maximum absolute atomic E-state index is 11.9. The van der Waals surface area contributed by atoms with Crippen LogP contribution in [0.2, 0.25) is 0 Å². The van der Waals surface area contributed by atoms with Crippen LogP contribution in [0.1, 0.15) is 202 Å². The highest BCUT2D eigenvalue weighted by Gasteiger charge is 2.52. The zero-order valence-corrected chi connectivity index (χ0v) is 41.7. The molecule has 4 aliphatic rings. The number of aliphatic hydroxyl groups is 3. The van der Waals surface area contributed by atoms with E-state index in [9.17, 15) is 15.3 Å². The van der Waals surface area contributed by atoms with Crippen LogP contribution in [0, 0.1) is 122 Å². The molecule has 0 aromatic carbocycles. The van der Waals surface area contributed by atoms with Crippen LogP contribution in [0.5, 0.6) is 0 Å². The van der Waals surface area contributed by atoms with Gasteiger partial charge in [-0.25, -0.2) is 0 Å². The number of rotatable bonds is 10. The number of hydrogen-bond acceptors (Lipinski definition) is 3. The first kappa shape index (κ1) is 49.5. The third kappa shape index (κ3) is 12.1. The molecule has 57 heavy (non-hydrogen) atoms. The van der Waals surface area contributed by atoms with Crippen molar-refractivity contribution < 1.29 is 15.3 Å². The van der Waals surface area contributed by atoms with E-state index in [0.717, 1.165) is 25.7 Å². The quantitative estimate of drug-likeness (QED) is 0.206. The van der Waals surface area contributed by atoms with Crippen molar-refractivity contribution in [3.8, 4) is 0 Å². The van der Waals surface area contributed by atoms with Gasteiger partial charge in [-0.1, -0.05) is 132 Å². The summed E-state index contributed by atoms with van der Waals surface area (Å²) in [6, 6.07) is 0. The van der Waals surface area contributed by atoms with Crippen molar-refractivity contribution in [2.24, 2.45) is 122 Å². The number of hydrogen-bond donors (Lipinski definition) is 3. The molecule has 4 saturated carbocycles. The molecule has 4 rings (SSSR count). The summed E-state index contributed by atoms with van der Waals surface area (Å²) in [5.74, 6) is 9.54. The Morgan fingerprint density at radius 1 is 0.386 bits per heavy atom. The van der Waals surface area contributed by atoms with E-state index in [0.29, 0.717) is 101 Å². The minimum absolute atomic E-state index is 0.0916. The van der Waals surface area contributed by atoms with E-state index in [1.54, 1.807) is 0 Å². The van der Waals surface area contributed by atoms with Crippen molar-refractivity contribution in [1.29, 1.82) is 0 Å². The monoisotopic (exact) mass is 799 g/mol. The lowest BCUT2D eigenvalue weighted by Crippen LogP contribution is -2.50. The van der Waals surface area contributed by atoms with Crippen LogP contribution in [-0.2, 0) is 0 Å². The average molecular weight is 799 g/mol. The maximum atomic E-state index is 11.9. The van der Waals surface area contributed by atoms with Gasteiger partial charge < -0.3 is 15.3 Å². The van der Waals surface area contributed by atoms with Crippen LogP contribution in [0.4, 0.5) is 0 Å². The largest absolute Gasteiger partial charge is 0.393 e. The Bertz CT molecular complexity index is 1130. The molecule has 0 aromatic rings. The highest BCUT2D eigenvalue weighted by atomic mass is 16.3. The van der Waals surface area contributed by atoms with Crippen LogP contribution < -0.4 is 0 Å². The highest BCUT2D eigenvalue weighted by Crippen LogP contribution is 2.58. The molecule has 3 nitrogen and oxygen atoms in total. The molecular weight excluding hydrogens is 697 g/mol. The summed E-state index contributed by atoms with van der Waals surface area (Å²) in [5, 5.41) is 35.6.